The minimum absolute atomic E-state index is 0. The van der Waals surface area contributed by atoms with Gasteiger partial charge in [-0.3, -0.25) is 17.4 Å². The first-order valence-corrected chi connectivity index (χ1v) is 8.76. The normalized spacial score (nSPS) is 11.8. The Bertz CT molecular complexity index is 848. The van der Waals surface area contributed by atoms with E-state index in [9.17, 15) is 18.1 Å². The van der Waals surface area contributed by atoms with E-state index in [1.165, 1.54) is 0 Å². The van der Waals surface area contributed by atoms with Crippen LogP contribution in [0, 0.1) is 0 Å². The Hall–Kier alpha value is -3.13. The Morgan fingerprint density at radius 1 is 0.900 bits per heavy atom. The highest BCUT2D eigenvalue weighted by molar-refractivity contribution is 6.33. The third-order valence-corrected chi connectivity index (χ3v) is 4.18. The smallest absolute Gasteiger partial charge is 0.762 e. The van der Waals surface area contributed by atoms with Gasteiger partial charge < -0.3 is 14.5 Å². The number of halogens is 4. The fraction of sp³-hybridized carbons (Fsp3) is 0.136. The lowest BCUT2D eigenvalue weighted by Gasteiger charge is -2.14. The molecule has 1 N–H and O–H groups in total. The Balaban J connectivity index is 0.000000827. The minimum Gasteiger partial charge on any atom is -1.00 e. The minimum atomic E-state index is -3.67. The van der Waals surface area contributed by atoms with Gasteiger partial charge in [0.1, 0.15) is 5.75 Å². The highest BCUT2D eigenvalue weighted by Gasteiger charge is 2.14. The molecule has 0 fully saturated rings. The second kappa shape index (κ2) is 12.4. The van der Waals surface area contributed by atoms with E-state index >= 15 is 0 Å². The molecule has 0 radical (unpaired) electrons. The molecule has 1 aliphatic rings. The number of aliphatic hydroxyl groups is 1. The largest absolute Gasteiger partial charge is 1.00 e. The summed E-state index contributed by atoms with van der Waals surface area (Å²) in [4.78, 5) is 0. The van der Waals surface area contributed by atoms with E-state index in [-0.39, 0.29) is 11.3 Å². The molecule has 0 atom stereocenters. The Morgan fingerprint density at radius 2 is 1.37 bits per heavy atom. The summed E-state index contributed by atoms with van der Waals surface area (Å²) in [5.74, 6) is 1.65. The van der Waals surface area contributed by atoms with E-state index in [0.717, 1.165) is 39.4 Å². The van der Waals surface area contributed by atoms with Gasteiger partial charge in [0.05, 0.1) is 13.7 Å². The van der Waals surface area contributed by atoms with E-state index in [1.54, 1.807) is 14.2 Å². The molecule has 0 amide bonds. The molecule has 0 heterocycles. The van der Waals surface area contributed by atoms with Gasteiger partial charge in [0.15, 0.2) is 0 Å². The summed E-state index contributed by atoms with van der Waals surface area (Å²) in [5, 5.41) is 9.28. The van der Waals surface area contributed by atoms with E-state index in [2.05, 4.69) is 24.3 Å². The first kappa shape index (κ1) is 24.9. The summed E-state index contributed by atoms with van der Waals surface area (Å²) >= 11 is 0. The maximum atomic E-state index is 9.67. The molecule has 3 nitrogen and oxygen atoms in total. The Labute approximate surface area is 173 Å². The SMILES string of the molecule is COc1ccc(C(=C2C=CC(=[O+]C)C=C2)c2ccc(CO)cc2)cc1.FB(F)F.[F-]. The van der Waals surface area contributed by atoms with Crippen molar-refractivity contribution in [1.82, 2.24) is 0 Å². The summed E-state index contributed by atoms with van der Waals surface area (Å²) in [6.45, 7) is 0.0423. The van der Waals surface area contributed by atoms with Crippen molar-refractivity contribution in [2.75, 3.05) is 14.2 Å². The number of carbonyl (C=O) groups excluding carboxylic acids is 1. The van der Waals surface area contributed by atoms with Crippen molar-refractivity contribution in [2.24, 2.45) is 0 Å². The van der Waals surface area contributed by atoms with Crippen molar-refractivity contribution in [3.63, 3.8) is 0 Å². The average molecular weight is 420 g/mol. The highest BCUT2D eigenvalue weighted by atomic mass is 19.4. The van der Waals surface area contributed by atoms with Gasteiger partial charge in [0.25, 0.3) is 7.11 Å². The van der Waals surface area contributed by atoms with Crippen LogP contribution in [0.3, 0.4) is 0 Å². The van der Waals surface area contributed by atoms with E-state index in [1.807, 2.05) is 48.6 Å². The standard InChI is InChI=1S/C22H21O3.BF3.FH/c1-24-20-11-7-18(8-12-20)22(17-5-3-16(15-23)4-6-17)19-9-13-21(25-2)14-10-19;2-1(3)4;/h3-14,23H,15H2,1-2H3;;1H/q+1;;/p-1. The predicted molar refractivity (Wildman–Crippen MR) is 110 cm³/mol. The molecular weight excluding hydrogens is 399 g/mol. The van der Waals surface area contributed by atoms with Gasteiger partial charge in [-0.1, -0.05) is 36.4 Å². The van der Waals surface area contributed by atoms with Crippen LogP contribution in [0.4, 0.5) is 12.9 Å². The number of ether oxygens (including phenoxy) is 1. The zero-order valence-corrected chi connectivity index (χ0v) is 16.5. The molecule has 1 aliphatic carbocycles. The number of benzene rings is 2. The quantitative estimate of drug-likeness (QED) is 0.465. The molecule has 8 heteroatoms. The molecule has 3 rings (SSSR count). The van der Waals surface area contributed by atoms with Crippen LogP contribution in [-0.2, 0) is 11.0 Å². The topological polar surface area (TPSA) is 40.8 Å². The summed E-state index contributed by atoms with van der Waals surface area (Å²) in [5.41, 5.74) is 5.31. The van der Waals surface area contributed by atoms with E-state index in [0.29, 0.717) is 0 Å². The van der Waals surface area contributed by atoms with Gasteiger partial charge in [-0.25, -0.2) is 0 Å². The summed E-state index contributed by atoms with van der Waals surface area (Å²) < 4.78 is 39.5. The van der Waals surface area contributed by atoms with Gasteiger partial charge in [-0.05, 0) is 52.1 Å². The number of rotatable bonds is 4. The number of methoxy groups -OCH3 is 1. The van der Waals surface area contributed by atoms with Crippen LogP contribution in [0.5, 0.6) is 5.75 Å². The zero-order valence-electron chi connectivity index (χ0n) is 16.5. The Kier molecular flexibility index (Phi) is 10.3. The van der Waals surface area contributed by atoms with Crippen molar-refractivity contribution in [1.29, 1.82) is 0 Å². The fourth-order valence-electron chi connectivity index (χ4n) is 2.79. The first-order chi connectivity index (χ1) is 14.0. The van der Waals surface area contributed by atoms with Crippen molar-refractivity contribution in [3.05, 3.63) is 95.1 Å². The summed E-state index contributed by atoms with van der Waals surface area (Å²) in [6.07, 6.45) is 8.03. The Morgan fingerprint density at radius 3 is 1.77 bits per heavy atom. The molecule has 0 aromatic heterocycles. The van der Waals surface area contributed by atoms with Gasteiger partial charge in [0, 0.05) is 12.2 Å². The molecule has 0 spiro atoms. The second-order valence-corrected chi connectivity index (χ2v) is 5.93. The third kappa shape index (κ3) is 7.04. The van der Waals surface area contributed by atoms with Crippen LogP contribution < -0.4 is 9.44 Å². The average Bonchev–Trinajstić information content (AvgIpc) is 2.75. The van der Waals surface area contributed by atoms with Crippen molar-refractivity contribution in [2.45, 2.75) is 6.61 Å². The molecule has 158 valence electrons. The molecule has 0 saturated heterocycles. The molecule has 0 bridgehead atoms. The second-order valence-electron chi connectivity index (χ2n) is 5.93. The molecule has 0 aliphatic heterocycles. The van der Waals surface area contributed by atoms with Gasteiger partial charge in [-0.2, -0.15) is 0 Å². The fourth-order valence-corrected chi connectivity index (χ4v) is 2.79. The van der Waals surface area contributed by atoms with Crippen molar-refractivity contribution >= 4 is 18.9 Å². The summed E-state index contributed by atoms with van der Waals surface area (Å²) in [7, 11) is -0.340. The maximum Gasteiger partial charge on any atom is 0.762 e. The van der Waals surface area contributed by atoms with Gasteiger partial charge >= 0.3 is 13.3 Å². The molecule has 30 heavy (non-hydrogen) atoms. The molecule has 0 unspecified atom stereocenters. The zero-order chi connectivity index (χ0) is 21.2. The lowest BCUT2D eigenvalue weighted by atomic mass is 9.90. The van der Waals surface area contributed by atoms with E-state index < -0.39 is 7.54 Å². The number of hydrogen-bond donors (Lipinski definition) is 1. The van der Waals surface area contributed by atoms with Crippen LogP contribution in [0.1, 0.15) is 16.7 Å². The third-order valence-electron chi connectivity index (χ3n) is 4.18. The van der Waals surface area contributed by atoms with Crippen molar-refractivity contribution < 1.29 is 31.9 Å². The number of ketones is 1. The number of hydrogen-bond acceptors (Lipinski definition) is 2. The van der Waals surface area contributed by atoms with Crippen LogP contribution in [0.15, 0.2) is 78.4 Å². The lowest BCUT2D eigenvalue weighted by molar-refractivity contribution is -0.417. The molecule has 0 saturated carbocycles. The van der Waals surface area contributed by atoms with Crippen LogP contribution >= 0.6 is 0 Å². The van der Waals surface area contributed by atoms with Crippen molar-refractivity contribution in [3.8, 4) is 5.75 Å². The number of aliphatic hydroxyl groups excluding tert-OH is 1. The van der Waals surface area contributed by atoms with Gasteiger partial charge in [-0.15, -0.1) is 0 Å². The monoisotopic (exact) mass is 420 g/mol. The molecule has 2 aromatic carbocycles. The first-order valence-electron chi connectivity index (χ1n) is 8.76. The van der Waals surface area contributed by atoms with Crippen LogP contribution in [0.2, 0.25) is 0 Å². The summed E-state index contributed by atoms with van der Waals surface area (Å²) in [6, 6.07) is 16.0. The lowest BCUT2D eigenvalue weighted by Crippen LogP contribution is -3.00. The highest BCUT2D eigenvalue weighted by Crippen LogP contribution is 2.31. The number of allylic oxidation sites excluding steroid dienone is 5. The molecular formula is C22H21BF4O3. The van der Waals surface area contributed by atoms with Crippen LogP contribution in [0.25, 0.3) is 5.57 Å². The van der Waals surface area contributed by atoms with E-state index in [4.69, 9.17) is 9.16 Å². The van der Waals surface area contributed by atoms with Crippen LogP contribution in [-0.4, -0.2) is 32.7 Å². The maximum absolute atomic E-state index is 9.67. The van der Waals surface area contributed by atoms with Gasteiger partial charge in [0.2, 0.25) is 0 Å². The predicted octanol–water partition coefficient (Wildman–Crippen LogP) is 1.73. The molecule has 2 aromatic rings.